The molecule has 2 aromatic rings. The molecule has 0 aliphatic heterocycles. The minimum Gasteiger partial charge on any atom is -0.384 e. The first-order valence-electron chi connectivity index (χ1n) is 7.47. The number of aryl methyl sites for hydroxylation is 2. The number of nitrogens with one attached hydrogen (secondary N) is 2. The molecule has 0 aliphatic rings. The summed E-state index contributed by atoms with van der Waals surface area (Å²) in [4.78, 5) is 11.9. The molecule has 2 aromatic carbocycles. The Morgan fingerprint density at radius 1 is 1.09 bits per heavy atom. The lowest BCUT2D eigenvalue weighted by Crippen LogP contribution is -2.16. The summed E-state index contributed by atoms with van der Waals surface area (Å²) in [6, 6.07) is 13.7. The quantitative estimate of drug-likeness (QED) is 0.814. The van der Waals surface area contributed by atoms with Gasteiger partial charge in [-0.05, 0) is 48.7 Å². The van der Waals surface area contributed by atoms with Crippen molar-refractivity contribution in [1.82, 2.24) is 0 Å². The molecular formula is C18H21ClN2O. The van der Waals surface area contributed by atoms with Crippen LogP contribution in [-0.4, -0.2) is 12.5 Å². The first-order valence-corrected chi connectivity index (χ1v) is 7.85. The van der Waals surface area contributed by atoms with Gasteiger partial charge in [0.15, 0.2) is 0 Å². The van der Waals surface area contributed by atoms with E-state index in [1.165, 1.54) is 5.56 Å². The van der Waals surface area contributed by atoms with E-state index in [2.05, 4.69) is 17.6 Å². The number of amides is 1. The highest BCUT2D eigenvalue weighted by Crippen LogP contribution is 2.19. The highest BCUT2D eigenvalue weighted by molar-refractivity contribution is 6.31. The fourth-order valence-corrected chi connectivity index (χ4v) is 2.25. The molecule has 0 bridgehead atoms. The van der Waals surface area contributed by atoms with Gasteiger partial charge in [-0.25, -0.2) is 0 Å². The van der Waals surface area contributed by atoms with E-state index in [0.29, 0.717) is 13.0 Å². The number of carbonyl (C=O) groups is 1. The van der Waals surface area contributed by atoms with Crippen LogP contribution in [0.25, 0.3) is 0 Å². The molecule has 2 rings (SSSR count). The standard InChI is InChI=1S/C18H21ClN2O/c1-3-14-5-8-15(9-6-14)21-18(22)10-11-20-16-7-4-13(2)17(19)12-16/h4-9,12,20H,3,10-11H2,1-2H3,(H,21,22). The van der Waals surface area contributed by atoms with Crippen molar-refractivity contribution in [3.63, 3.8) is 0 Å². The third-order valence-corrected chi connectivity index (χ3v) is 3.91. The highest BCUT2D eigenvalue weighted by atomic mass is 35.5. The highest BCUT2D eigenvalue weighted by Gasteiger charge is 2.03. The summed E-state index contributed by atoms with van der Waals surface area (Å²) in [5.74, 6) is -0.00467. The molecule has 0 unspecified atom stereocenters. The zero-order valence-electron chi connectivity index (χ0n) is 12.9. The van der Waals surface area contributed by atoms with E-state index >= 15 is 0 Å². The predicted octanol–water partition coefficient (Wildman–Crippen LogP) is 4.65. The van der Waals surface area contributed by atoms with E-state index in [1.54, 1.807) is 0 Å². The topological polar surface area (TPSA) is 41.1 Å². The Labute approximate surface area is 136 Å². The average Bonchev–Trinajstić information content (AvgIpc) is 2.51. The van der Waals surface area contributed by atoms with Crippen LogP contribution < -0.4 is 10.6 Å². The van der Waals surface area contributed by atoms with E-state index in [0.717, 1.165) is 28.4 Å². The second-order valence-corrected chi connectivity index (χ2v) is 5.65. The molecule has 0 heterocycles. The number of benzene rings is 2. The smallest absolute Gasteiger partial charge is 0.226 e. The van der Waals surface area contributed by atoms with Crippen LogP contribution >= 0.6 is 11.6 Å². The molecule has 4 heteroatoms. The fourth-order valence-electron chi connectivity index (χ4n) is 2.07. The van der Waals surface area contributed by atoms with Crippen LogP contribution in [0.2, 0.25) is 5.02 Å². The fraction of sp³-hybridized carbons (Fsp3) is 0.278. The van der Waals surface area contributed by atoms with Crippen LogP contribution in [0.15, 0.2) is 42.5 Å². The lowest BCUT2D eigenvalue weighted by Gasteiger charge is -2.09. The van der Waals surface area contributed by atoms with Gasteiger partial charge in [-0.3, -0.25) is 4.79 Å². The van der Waals surface area contributed by atoms with Crippen molar-refractivity contribution in [2.24, 2.45) is 0 Å². The van der Waals surface area contributed by atoms with Crippen LogP contribution in [0.5, 0.6) is 0 Å². The average molecular weight is 317 g/mol. The van der Waals surface area contributed by atoms with Crippen molar-refractivity contribution in [3.8, 4) is 0 Å². The van der Waals surface area contributed by atoms with Crippen molar-refractivity contribution >= 4 is 28.9 Å². The molecule has 3 nitrogen and oxygen atoms in total. The maximum Gasteiger partial charge on any atom is 0.226 e. The number of carbonyl (C=O) groups excluding carboxylic acids is 1. The van der Waals surface area contributed by atoms with Gasteiger partial charge in [0, 0.05) is 29.4 Å². The molecule has 0 aromatic heterocycles. The van der Waals surface area contributed by atoms with Crippen LogP contribution in [0.4, 0.5) is 11.4 Å². The minimum absolute atomic E-state index is 0.00467. The number of hydrogen-bond donors (Lipinski definition) is 2. The summed E-state index contributed by atoms with van der Waals surface area (Å²) in [5.41, 5.74) is 4.06. The summed E-state index contributed by atoms with van der Waals surface area (Å²) < 4.78 is 0. The molecular weight excluding hydrogens is 296 g/mol. The first-order chi connectivity index (χ1) is 10.6. The van der Waals surface area contributed by atoms with Crippen LogP contribution in [-0.2, 0) is 11.2 Å². The van der Waals surface area contributed by atoms with E-state index in [1.807, 2.05) is 49.4 Å². The Morgan fingerprint density at radius 2 is 1.77 bits per heavy atom. The zero-order chi connectivity index (χ0) is 15.9. The maximum absolute atomic E-state index is 11.9. The number of anilines is 2. The Morgan fingerprint density at radius 3 is 2.41 bits per heavy atom. The zero-order valence-corrected chi connectivity index (χ0v) is 13.7. The van der Waals surface area contributed by atoms with Gasteiger partial charge < -0.3 is 10.6 Å². The third kappa shape index (κ3) is 4.78. The summed E-state index contributed by atoms with van der Waals surface area (Å²) >= 11 is 6.07. The van der Waals surface area contributed by atoms with Gasteiger partial charge in [0.25, 0.3) is 0 Å². The summed E-state index contributed by atoms with van der Waals surface area (Å²) in [7, 11) is 0. The maximum atomic E-state index is 11.9. The molecule has 0 radical (unpaired) electrons. The van der Waals surface area contributed by atoms with Gasteiger partial charge in [0.2, 0.25) is 5.91 Å². The van der Waals surface area contributed by atoms with Crippen molar-refractivity contribution in [1.29, 1.82) is 0 Å². The van der Waals surface area contributed by atoms with E-state index in [-0.39, 0.29) is 5.91 Å². The monoisotopic (exact) mass is 316 g/mol. The first kappa shape index (κ1) is 16.4. The van der Waals surface area contributed by atoms with Crippen molar-refractivity contribution in [2.45, 2.75) is 26.7 Å². The summed E-state index contributed by atoms with van der Waals surface area (Å²) in [6.07, 6.45) is 1.40. The molecule has 1 amide bonds. The number of rotatable bonds is 6. The molecule has 2 N–H and O–H groups in total. The van der Waals surface area contributed by atoms with Crippen LogP contribution in [0, 0.1) is 6.92 Å². The molecule has 116 valence electrons. The lowest BCUT2D eigenvalue weighted by molar-refractivity contribution is -0.115. The minimum atomic E-state index is -0.00467. The van der Waals surface area contributed by atoms with Crippen molar-refractivity contribution in [2.75, 3.05) is 17.2 Å². The molecule has 22 heavy (non-hydrogen) atoms. The largest absolute Gasteiger partial charge is 0.384 e. The number of halogens is 1. The molecule has 0 aliphatic carbocycles. The normalized spacial score (nSPS) is 10.3. The van der Waals surface area contributed by atoms with Crippen molar-refractivity contribution < 1.29 is 4.79 Å². The Hall–Kier alpha value is -2.00. The number of hydrogen-bond acceptors (Lipinski definition) is 2. The van der Waals surface area contributed by atoms with E-state index in [9.17, 15) is 4.79 Å². The van der Waals surface area contributed by atoms with Crippen molar-refractivity contribution in [3.05, 3.63) is 58.6 Å². The lowest BCUT2D eigenvalue weighted by atomic mass is 10.1. The predicted molar refractivity (Wildman–Crippen MR) is 93.7 cm³/mol. The molecule has 0 spiro atoms. The van der Waals surface area contributed by atoms with E-state index < -0.39 is 0 Å². The molecule has 0 fully saturated rings. The van der Waals surface area contributed by atoms with Crippen LogP contribution in [0.3, 0.4) is 0 Å². The van der Waals surface area contributed by atoms with Crippen LogP contribution in [0.1, 0.15) is 24.5 Å². The SMILES string of the molecule is CCc1ccc(NC(=O)CCNc2ccc(C)c(Cl)c2)cc1. The molecule has 0 atom stereocenters. The van der Waals surface area contributed by atoms with Gasteiger partial charge >= 0.3 is 0 Å². The van der Waals surface area contributed by atoms with Gasteiger partial charge in [-0.2, -0.15) is 0 Å². The molecule has 0 saturated heterocycles. The summed E-state index contributed by atoms with van der Waals surface area (Å²) in [5, 5.41) is 6.82. The second kappa shape index (κ2) is 7.85. The van der Waals surface area contributed by atoms with Gasteiger partial charge in [0.1, 0.15) is 0 Å². The third-order valence-electron chi connectivity index (χ3n) is 3.50. The van der Waals surface area contributed by atoms with Gasteiger partial charge in [-0.1, -0.05) is 36.7 Å². The Kier molecular flexibility index (Phi) is 5.84. The Bertz CT molecular complexity index is 638. The second-order valence-electron chi connectivity index (χ2n) is 5.24. The Balaban J connectivity index is 1.78. The van der Waals surface area contributed by atoms with E-state index in [4.69, 9.17) is 11.6 Å². The molecule has 0 saturated carbocycles. The summed E-state index contributed by atoms with van der Waals surface area (Å²) in [6.45, 7) is 4.64. The van der Waals surface area contributed by atoms with Gasteiger partial charge in [-0.15, -0.1) is 0 Å². The van der Waals surface area contributed by atoms with Gasteiger partial charge in [0.05, 0.1) is 0 Å².